The molecule has 3 N–H and O–H groups in total. The van der Waals surface area contributed by atoms with Crippen LogP contribution >= 0.6 is 0 Å². The van der Waals surface area contributed by atoms with Gasteiger partial charge in [-0.3, -0.25) is 0 Å². The number of nitrogens with one attached hydrogen (secondary N) is 1. The number of rotatable bonds is 4. The van der Waals surface area contributed by atoms with Gasteiger partial charge in [-0.1, -0.05) is 0 Å². The van der Waals surface area contributed by atoms with Gasteiger partial charge < -0.3 is 24.7 Å². The quantitative estimate of drug-likeness (QED) is 0.610. The Morgan fingerprint density at radius 1 is 1.31 bits per heavy atom. The number of aromatic nitrogens is 4. The Labute approximate surface area is 165 Å². The van der Waals surface area contributed by atoms with Gasteiger partial charge in [0.25, 0.3) is 0 Å². The summed E-state index contributed by atoms with van der Waals surface area (Å²) in [6, 6.07) is 0.817. The fourth-order valence-electron chi connectivity index (χ4n) is 3.46. The van der Waals surface area contributed by atoms with E-state index >= 15 is 0 Å². The number of anilines is 1. The van der Waals surface area contributed by atoms with Crippen LogP contribution in [0, 0.1) is 18.6 Å². The molecule has 4 heterocycles. The minimum atomic E-state index is -0.866. The highest BCUT2D eigenvalue weighted by Gasteiger charge is 2.25. The molecule has 0 aliphatic carbocycles. The van der Waals surface area contributed by atoms with Crippen molar-refractivity contribution < 1.29 is 23.7 Å². The van der Waals surface area contributed by atoms with Crippen LogP contribution < -0.4 is 5.32 Å². The molecule has 0 spiro atoms. The molecule has 1 saturated heterocycles. The van der Waals surface area contributed by atoms with Crippen LogP contribution in [-0.4, -0.2) is 54.9 Å². The first-order chi connectivity index (χ1) is 13.8. The van der Waals surface area contributed by atoms with Crippen LogP contribution in [0.4, 0.5) is 14.7 Å². The van der Waals surface area contributed by atoms with Crippen LogP contribution in [0.3, 0.4) is 0 Å². The Bertz CT molecular complexity index is 1060. The zero-order valence-electron chi connectivity index (χ0n) is 15.9. The van der Waals surface area contributed by atoms with E-state index in [1.54, 1.807) is 13.8 Å². The van der Waals surface area contributed by atoms with Crippen LogP contribution in [-0.2, 0) is 4.74 Å². The minimum absolute atomic E-state index is 0.0419. The van der Waals surface area contributed by atoms with Crippen LogP contribution in [0.25, 0.3) is 16.9 Å². The van der Waals surface area contributed by atoms with Crippen molar-refractivity contribution in [3.05, 3.63) is 41.5 Å². The normalized spacial score (nSPS) is 20.8. The molecule has 3 atom stereocenters. The minimum Gasteiger partial charge on any atom is -0.389 e. The van der Waals surface area contributed by atoms with E-state index in [0.717, 1.165) is 12.3 Å². The SMILES string of the molecule is Cc1c(C(C)O)nc2c(F)cc(-c3nc(N[C@@H]4CCOC[C@H]4O)ncc3F)cn12. The van der Waals surface area contributed by atoms with Crippen molar-refractivity contribution in [2.75, 3.05) is 18.5 Å². The standard InChI is InChI=1S/C19H21F2N5O3/c1-9-16(10(2)27)24-18-12(20)5-11(7-26(9)18)17-13(21)6-22-19(25-17)23-14-3-4-29-8-15(14)28/h5-7,10,14-15,27-28H,3-4,8H2,1-2H3,(H,22,23,25)/t10?,14-,15-/m1/s1. The second-order valence-corrected chi connectivity index (χ2v) is 7.10. The summed E-state index contributed by atoms with van der Waals surface area (Å²) in [6.45, 7) is 3.91. The summed E-state index contributed by atoms with van der Waals surface area (Å²) >= 11 is 0. The lowest BCUT2D eigenvalue weighted by Gasteiger charge is -2.28. The summed E-state index contributed by atoms with van der Waals surface area (Å²) in [4.78, 5) is 12.3. The third kappa shape index (κ3) is 3.66. The molecule has 1 unspecified atom stereocenters. The van der Waals surface area contributed by atoms with Crippen molar-refractivity contribution >= 4 is 11.6 Å². The molecule has 4 rings (SSSR count). The van der Waals surface area contributed by atoms with Crippen molar-refractivity contribution in [2.45, 2.75) is 38.5 Å². The van der Waals surface area contributed by atoms with E-state index in [1.165, 1.54) is 10.6 Å². The molecule has 3 aromatic rings. The molecule has 0 radical (unpaired) electrons. The Hall–Kier alpha value is -2.69. The van der Waals surface area contributed by atoms with Gasteiger partial charge in [0.15, 0.2) is 17.3 Å². The maximum absolute atomic E-state index is 14.7. The van der Waals surface area contributed by atoms with Crippen molar-refractivity contribution in [1.82, 2.24) is 19.4 Å². The molecule has 3 aromatic heterocycles. The molecule has 0 aromatic carbocycles. The highest BCUT2D eigenvalue weighted by atomic mass is 19.1. The number of pyridine rings is 1. The summed E-state index contributed by atoms with van der Waals surface area (Å²) in [5, 5.41) is 22.8. The number of aryl methyl sites for hydroxylation is 1. The summed E-state index contributed by atoms with van der Waals surface area (Å²) in [6.07, 6.45) is 1.47. The number of fused-ring (bicyclic) bond motifs is 1. The van der Waals surface area contributed by atoms with Gasteiger partial charge in [0.1, 0.15) is 5.69 Å². The van der Waals surface area contributed by atoms with E-state index in [2.05, 4.69) is 20.3 Å². The van der Waals surface area contributed by atoms with Gasteiger partial charge in [0.2, 0.25) is 5.95 Å². The summed E-state index contributed by atoms with van der Waals surface area (Å²) in [5.41, 5.74) is 1.05. The molecule has 1 fully saturated rings. The fourth-order valence-corrected chi connectivity index (χ4v) is 3.46. The van der Waals surface area contributed by atoms with E-state index in [-0.39, 0.29) is 35.5 Å². The molecule has 1 aliphatic heterocycles. The maximum atomic E-state index is 14.7. The predicted octanol–water partition coefficient (Wildman–Crippen LogP) is 1.99. The first-order valence-corrected chi connectivity index (χ1v) is 9.26. The van der Waals surface area contributed by atoms with Gasteiger partial charge in [-0.25, -0.2) is 23.7 Å². The number of aliphatic hydroxyl groups is 2. The van der Waals surface area contributed by atoms with Gasteiger partial charge in [-0.2, -0.15) is 0 Å². The Morgan fingerprint density at radius 3 is 2.83 bits per heavy atom. The first-order valence-electron chi connectivity index (χ1n) is 9.26. The Balaban J connectivity index is 1.74. The smallest absolute Gasteiger partial charge is 0.223 e. The second kappa shape index (κ2) is 7.62. The van der Waals surface area contributed by atoms with Gasteiger partial charge in [-0.05, 0) is 26.3 Å². The molecule has 0 saturated carbocycles. The lowest BCUT2D eigenvalue weighted by atomic mass is 10.1. The van der Waals surface area contributed by atoms with E-state index < -0.39 is 23.8 Å². The molecular formula is C19H21F2N5O3. The van der Waals surface area contributed by atoms with Crippen molar-refractivity contribution in [3.8, 4) is 11.3 Å². The molecule has 0 amide bonds. The van der Waals surface area contributed by atoms with Crippen molar-refractivity contribution in [1.29, 1.82) is 0 Å². The topological polar surface area (TPSA) is 105 Å². The number of nitrogens with zero attached hydrogens (tertiary/aromatic N) is 4. The number of halogens is 2. The molecular weight excluding hydrogens is 384 g/mol. The predicted molar refractivity (Wildman–Crippen MR) is 100 cm³/mol. The van der Waals surface area contributed by atoms with Crippen molar-refractivity contribution in [2.24, 2.45) is 0 Å². The number of imidazole rings is 1. The third-order valence-corrected chi connectivity index (χ3v) is 5.00. The van der Waals surface area contributed by atoms with Crippen LogP contribution in [0.5, 0.6) is 0 Å². The first kappa shape index (κ1) is 19.6. The summed E-state index contributed by atoms with van der Waals surface area (Å²) in [5.74, 6) is -1.25. The zero-order valence-corrected chi connectivity index (χ0v) is 15.9. The van der Waals surface area contributed by atoms with E-state index in [9.17, 15) is 19.0 Å². The van der Waals surface area contributed by atoms with Crippen LogP contribution in [0.1, 0.15) is 30.8 Å². The van der Waals surface area contributed by atoms with Gasteiger partial charge in [-0.15, -0.1) is 0 Å². The highest BCUT2D eigenvalue weighted by molar-refractivity contribution is 5.63. The average molecular weight is 405 g/mol. The molecule has 29 heavy (non-hydrogen) atoms. The molecule has 154 valence electrons. The van der Waals surface area contributed by atoms with Crippen LogP contribution in [0.2, 0.25) is 0 Å². The second-order valence-electron chi connectivity index (χ2n) is 7.10. The van der Waals surface area contributed by atoms with Crippen molar-refractivity contribution in [3.63, 3.8) is 0 Å². The largest absolute Gasteiger partial charge is 0.389 e. The van der Waals surface area contributed by atoms with Gasteiger partial charge in [0.05, 0.1) is 36.7 Å². The highest BCUT2D eigenvalue weighted by Crippen LogP contribution is 2.27. The van der Waals surface area contributed by atoms with E-state index in [4.69, 9.17) is 4.74 Å². The monoisotopic (exact) mass is 405 g/mol. The Morgan fingerprint density at radius 2 is 2.10 bits per heavy atom. The number of hydrogen-bond acceptors (Lipinski definition) is 7. The van der Waals surface area contributed by atoms with Gasteiger partial charge in [0, 0.05) is 24.1 Å². The average Bonchev–Trinajstić information content (AvgIpc) is 3.03. The van der Waals surface area contributed by atoms with E-state index in [1.807, 2.05) is 0 Å². The lowest BCUT2D eigenvalue weighted by molar-refractivity contribution is -0.0136. The van der Waals surface area contributed by atoms with E-state index in [0.29, 0.717) is 24.4 Å². The molecule has 0 bridgehead atoms. The zero-order chi connectivity index (χ0) is 20.7. The molecule has 8 nitrogen and oxygen atoms in total. The lowest BCUT2D eigenvalue weighted by Crippen LogP contribution is -2.42. The number of aliphatic hydroxyl groups excluding tert-OH is 2. The number of hydrogen-bond donors (Lipinski definition) is 3. The number of ether oxygens (including phenoxy) is 1. The summed E-state index contributed by atoms with van der Waals surface area (Å²) < 4.78 is 35.8. The molecule has 1 aliphatic rings. The Kier molecular flexibility index (Phi) is 5.15. The summed E-state index contributed by atoms with van der Waals surface area (Å²) in [7, 11) is 0. The molecule has 10 heteroatoms. The third-order valence-electron chi connectivity index (χ3n) is 5.00. The maximum Gasteiger partial charge on any atom is 0.223 e. The fraction of sp³-hybridized carbons (Fsp3) is 0.421. The van der Waals surface area contributed by atoms with Gasteiger partial charge >= 0.3 is 0 Å². The van der Waals surface area contributed by atoms with Crippen LogP contribution in [0.15, 0.2) is 18.5 Å².